The van der Waals surface area contributed by atoms with Gasteiger partial charge in [0.05, 0.1) is 5.69 Å². The number of anilines is 1. The Morgan fingerprint density at radius 1 is 1.00 bits per heavy atom. The van der Waals surface area contributed by atoms with E-state index in [-0.39, 0.29) is 0 Å². The number of aryl methyl sites for hydroxylation is 1. The molecule has 2 nitrogen and oxygen atoms in total. The molecular formula is C14H12N2. The quantitative estimate of drug-likeness (QED) is 0.675. The lowest BCUT2D eigenvalue weighted by Gasteiger charge is -1.97. The lowest BCUT2D eigenvalue weighted by atomic mass is 10.2. The van der Waals surface area contributed by atoms with E-state index in [9.17, 15) is 0 Å². The van der Waals surface area contributed by atoms with Gasteiger partial charge in [-0.15, -0.1) is 0 Å². The molecule has 2 N–H and O–H groups in total. The monoisotopic (exact) mass is 208 g/mol. The summed E-state index contributed by atoms with van der Waals surface area (Å²) < 4.78 is 0. The van der Waals surface area contributed by atoms with Gasteiger partial charge in [0.15, 0.2) is 0 Å². The summed E-state index contributed by atoms with van der Waals surface area (Å²) in [7, 11) is 0. The van der Waals surface area contributed by atoms with Crippen molar-refractivity contribution in [2.45, 2.75) is 6.92 Å². The van der Waals surface area contributed by atoms with Crippen LogP contribution in [0.1, 0.15) is 17.0 Å². The van der Waals surface area contributed by atoms with Crippen LogP contribution in [0.15, 0.2) is 42.5 Å². The SMILES string of the molecule is Cc1ccc(N)c(C#Cc2ccccc2)n1. The summed E-state index contributed by atoms with van der Waals surface area (Å²) in [5, 5.41) is 0. The van der Waals surface area contributed by atoms with Crippen molar-refractivity contribution in [2.75, 3.05) is 5.73 Å². The van der Waals surface area contributed by atoms with Crippen molar-refractivity contribution in [3.63, 3.8) is 0 Å². The van der Waals surface area contributed by atoms with Crippen LogP contribution in [0.3, 0.4) is 0 Å². The highest BCUT2D eigenvalue weighted by atomic mass is 14.7. The Bertz CT molecular complexity index is 548. The number of hydrogen-bond donors (Lipinski definition) is 1. The van der Waals surface area contributed by atoms with Crippen LogP contribution in [0.4, 0.5) is 5.69 Å². The van der Waals surface area contributed by atoms with E-state index >= 15 is 0 Å². The molecule has 0 spiro atoms. The second-order valence-corrected chi connectivity index (χ2v) is 3.51. The van der Waals surface area contributed by atoms with E-state index in [0.717, 1.165) is 11.3 Å². The Labute approximate surface area is 95.1 Å². The van der Waals surface area contributed by atoms with Crippen LogP contribution in [0.5, 0.6) is 0 Å². The van der Waals surface area contributed by atoms with E-state index in [0.29, 0.717) is 11.4 Å². The van der Waals surface area contributed by atoms with Crippen LogP contribution < -0.4 is 5.73 Å². The van der Waals surface area contributed by atoms with Gasteiger partial charge in [0.1, 0.15) is 5.69 Å². The Kier molecular flexibility index (Phi) is 2.88. The summed E-state index contributed by atoms with van der Waals surface area (Å²) in [6.45, 7) is 1.92. The van der Waals surface area contributed by atoms with Gasteiger partial charge in [0.2, 0.25) is 0 Å². The molecule has 2 rings (SSSR count). The molecule has 0 bridgehead atoms. The first-order valence-electron chi connectivity index (χ1n) is 5.06. The van der Waals surface area contributed by atoms with Gasteiger partial charge in [-0.1, -0.05) is 24.1 Å². The zero-order chi connectivity index (χ0) is 11.4. The summed E-state index contributed by atoms with van der Waals surface area (Å²) in [6.07, 6.45) is 0. The lowest BCUT2D eigenvalue weighted by Crippen LogP contribution is -1.95. The molecule has 0 saturated carbocycles. The molecule has 1 aromatic heterocycles. The smallest absolute Gasteiger partial charge is 0.136 e. The Morgan fingerprint density at radius 3 is 2.50 bits per heavy atom. The molecule has 0 aliphatic rings. The maximum absolute atomic E-state index is 5.79. The third-order valence-corrected chi connectivity index (χ3v) is 2.16. The summed E-state index contributed by atoms with van der Waals surface area (Å²) in [4.78, 5) is 4.29. The summed E-state index contributed by atoms with van der Waals surface area (Å²) in [5.41, 5.74) is 8.94. The number of pyridine rings is 1. The standard InChI is InChI=1S/C14H12N2/c1-11-7-9-13(15)14(16-11)10-8-12-5-3-2-4-6-12/h2-7,9H,15H2,1H3. The highest BCUT2D eigenvalue weighted by Gasteiger charge is 1.96. The van der Waals surface area contributed by atoms with Crippen LogP contribution in [0.2, 0.25) is 0 Å². The lowest BCUT2D eigenvalue weighted by molar-refractivity contribution is 1.18. The van der Waals surface area contributed by atoms with Crippen molar-refractivity contribution in [3.05, 3.63) is 59.4 Å². The number of nitrogen functional groups attached to an aromatic ring is 1. The van der Waals surface area contributed by atoms with Gasteiger partial charge >= 0.3 is 0 Å². The Morgan fingerprint density at radius 2 is 1.75 bits per heavy atom. The molecule has 0 aliphatic carbocycles. The zero-order valence-electron chi connectivity index (χ0n) is 9.07. The molecular weight excluding hydrogens is 196 g/mol. The van der Waals surface area contributed by atoms with Crippen LogP contribution in [-0.4, -0.2) is 4.98 Å². The number of nitrogens with two attached hydrogens (primary N) is 1. The van der Waals surface area contributed by atoms with Crippen LogP contribution in [0, 0.1) is 18.8 Å². The first-order valence-corrected chi connectivity index (χ1v) is 5.06. The van der Waals surface area contributed by atoms with Gasteiger partial charge in [0.25, 0.3) is 0 Å². The molecule has 0 saturated heterocycles. The van der Waals surface area contributed by atoms with Crippen LogP contribution >= 0.6 is 0 Å². The van der Waals surface area contributed by atoms with E-state index in [4.69, 9.17) is 5.73 Å². The number of aromatic nitrogens is 1. The number of hydrogen-bond acceptors (Lipinski definition) is 2. The molecule has 1 aromatic carbocycles. The minimum atomic E-state index is 0.619. The number of rotatable bonds is 0. The van der Waals surface area contributed by atoms with Crippen molar-refractivity contribution in [2.24, 2.45) is 0 Å². The summed E-state index contributed by atoms with van der Waals surface area (Å²) in [6, 6.07) is 13.5. The first-order chi connectivity index (χ1) is 7.75. The maximum Gasteiger partial charge on any atom is 0.136 e. The fourth-order valence-corrected chi connectivity index (χ4v) is 1.32. The Balaban J connectivity index is 2.34. The predicted octanol–water partition coefficient (Wildman–Crippen LogP) is 2.37. The zero-order valence-corrected chi connectivity index (χ0v) is 9.07. The fraction of sp³-hybridized carbons (Fsp3) is 0.0714. The molecule has 0 unspecified atom stereocenters. The molecule has 2 heteroatoms. The summed E-state index contributed by atoms with van der Waals surface area (Å²) >= 11 is 0. The molecule has 0 aliphatic heterocycles. The second-order valence-electron chi connectivity index (χ2n) is 3.51. The van der Waals surface area contributed by atoms with Crippen molar-refractivity contribution in [3.8, 4) is 11.8 Å². The van der Waals surface area contributed by atoms with Gasteiger partial charge in [0, 0.05) is 11.3 Å². The van der Waals surface area contributed by atoms with Gasteiger partial charge < -0.3 is 5.73 Å². The molecule has 0 fully saturated rings. The van der Waals surface area contributed by atoms with E-state index in [1.54, 1.807) is 0 Å². The average Bonchev–Trinajstić information content (AvgIpc) is 2.32. The third-order valence-electron chi connectivity index (χ3n) is 2.16. The average molecular weight is 208 g/mol. The van der Waals surface area contributed by atoms with Gasteiger partial charge in [-0.05, 0) is 37.1 Å². The van der Waals surface area contributed by atoms with E-state index in [1.165, 1.54) is 0 Å². The summed E-state index contributed by atoms with van der Waals surface area (Å²) in [5.74, 6) is 6.02. The van der Waals surface area contributed by atoms with Crippen molar-refractivity contribution >= 4 is 5.69 Å². The van der Waals surface area contributed by atoms with Crippen molar-refractivity contribution < 1.29 is 0 Å². The molecule has 1 heterocycles. The molecule has 0 amide bonds. The minimum Gasteiger partial charge on any atom is -0.396 e. The first kappa shape index (κ1) is 10.3. The van der Waals surface area contributed by atoms with E-state index < -0.39 is 0 Å². The predicted molar refractivity (Wildman–Crippen MR) is 65.8 cm³/mol. The van der Waals surface area contributed by atoms with E-state index in [2.05, 4.69) is 16.8 Å². The molecule has 0 radical (unpaired) electrons. The van der Waals surface area contributed by atoms with Crippen molar-refractivity contribution in [1.82, 2.24) is 4.98 Å². The van der Waals surface area contributed by atoms with Crippen LogP contribution in [0.25, 0.3) is 0 Å². The molecule has 16 heavy (non-hydrogen) atoms. The Hall–Kier alpha value is -2.27. The van der Waals surface area contributed by atoms with E-state index in [1.807, 2.05) is 49.4 Å². The van der Waals surface area contributed by atoms with Crippen molar-refractivity contribution in [1.29, 1.82) is 0 Å². The topological polar surface area (TPSA) is 38.9 Å². The maximum atomic E-state index is 5.79. The third kappa shape index (κ3) is 2.40. The minimum absolute atomic E-state index is 0.619. The highest BCUT2D eigenvalue weighted by molar-refractivity contribution is 5.54. The largest absolute Gasteiger partial charge is 0.396 e. The normalized spacial score (nSPS) is 9.31. The number of benzene rings is 1. The van der Waals surface area contributed by atoms with Gasteiger partial charge in [-0.2, -0.15) is 0 Å². The highest BCUT2D eigenvalue weighted by Crippen LogP contribution is 2.08. The fourth-order valence-electron chi connectivity index (χ4n) is 1.32. The van der Waals surface area contributed by atoms with Gasteiger partial charge in [-0.3, -0.25) is 0 Å². The van der Waals surface area contributed by atoms with Crippen LogP contribution in [-0.2, 0) is 0 Å². The van der Waals surface area contributed by atoms with Gasteiger partial charge in [-0.25, -0.2) is 4.98 Å². The molecule has 0 atom stereocenters. The number of nitrogens with zero attached hydrogens (tertiary/aromatic N) is 1. The molecule has 2 aromatic rings. The molecule has 78 valence electrons. The second kappa shape index (κ2) is 4.50.